The molecule has 0 radical (unpaired) electrons. The molecule has 0 saturated carbocycles. The van der Waals surface area contributed by atoms with Crippen LogP contribution in [0.4, 0.5) is 0 Å². The van der Waals surface area contributed by atoms with Gasteiger partial charge in [-0.25, -0.2) is 4.98 Å². The highest BCUT2D eigenvalue weighted by Crippen LogP contribution is 2.18. The fraction of sp³-hybridized carbons (Fsp3) is 0.500. The summed E-state index contributed by atoms with van der Waals surface area (Å²) in [5, 5.41) is 7.20. The third-order valence-corrected chi connectivity index (χ3v) is 4.57. The van der Waals surface area contributed by atoms with E-state index in [1.165, 1.54) is 12.0 Å². The summed E-state index contributed by atoms with van der Waals surface area (Å²) >= 11 is 0. The molecule has 24 heavy (non-hydrogen) atoms. The van der Waals surface area contributed by atoms with Crippen LogP contribution in [0.3, 0.4) is 0 Å². The summed E-state index contributed by atoms with van der Waals surface area (Å²) < 4.78 is 1.88. The maximum Gasteiger partial charge on any atom is 0.221 e. The van der Waals surface area contributed by atoms with Gasteiger partial charge in [-0.3, -0.25) is 14.4 Å². The number of likely N-dealkylation sites (tertiary alicyclic amines) is 1. The zero-order valence-electron chi connectivity index (χ0n) is 14.0. The second-order valence-corrected chi connectivity index (χ2v) is 6.29. The van der Waals surface area contributed by atoms with Gasteiger partial charge >= 0.3 is 0 Å². The molecule has 1 saturated heterocycles. The molecule has 1 amide bonds. The Bertz CT molecular complexity index is 614. The number of amides is 1. The molecule has 6 nitrogen and oxygen atoms in total. The molecule has 0 bridgehead atoms. The van der Waals surface area contributed by atoms with Crippen molar-refractivity contribution in [3.05, 3.63) is 48.5 Å². The number of hydrogen-bond acceptors (Lipinski definition) is 4. The van der Waals surface area contributed by atoms with Crippen molar-refractivity contribution >= 4 is 5.91 Å². The topological polar surface area (TPSA) is 63.1 Å². The third-order valence-electron chi connectivity index (χ3n) is 4.57. The predicted octanol–water partition coefficient (Wildman–Crippen LogP) is 1.49. The van der Waals surface area contributed by atoms with E-state index in [0.717, 1.165) is 32.5 Å². The Labute approximate surface area is 142 Å². The van der Waals surface area contributed by atoms with Gasteiger partial charge in [-0.05, 0) is 31.4 Å². The molecule has 3 rings (SSSR count). The molecule has 6 heteroatoms. The van der Waals surface area contributed by atoms with E-state index in [0.29, 0.717) is 19.0 Å². The summed E-state index contributed by atoms with van der Waals surface area (Å²) in [5.74, 6) is 0.136. The normalized spacial score (nSPS) is 17.9. The van der Waals surface area contributed by atoms with Gasteiger partial charge in [-0.2, -0.15) is 5.10 Å². The maximum atomic E-state index is 12.0. The Morgan fingerprint density at radius 3 is 2.96 bits per heavy atom. The van der Waals surface area contributed by atoms with E-state index in [1.807, 2.05) is 22.9 Å². The minimum atomic E-state index is 0.136. The number of aromatic nitrogens is 3. The predicted molar refractivity (Wildman–Crippen MR) is 92.4 cm³/mol. The second kappa shape index (κ2) is 8.59. The van der Waals surface area contributed by atoms with Gasteiger partial charge in [0.1, 0.15) is 12.7 Å². The van der Waals surface area contributed by atoms with E-state index in [-0.39, 0.29) is 5.91 Å². The van der Waals surface area contributed by atoms with Gasteiger partial charge in [0.15, 0.2) is 0 Å². The van der Waals surface area contributed by atoms with Crippen LogP contribution in [0.25, 0.3) is 0 Å². The van der Waals surface area contributed by atoms with Crippen molar-refractivity contribution in [1.29, 1.82) is 0 Å². The average Bonchev–Trinajstić information content (AvgIpc) is 3.26. The van der Waals surface area contributed by atoms with Gasteiger partial charge in [0, 0.05) is 25.6 Å². The van der Waals surface area contributed by atoms with E-state index in [4.69, 9.17) is 0 Å². The highest BCUT2D eigenvalue weighted by Gasteiger charge is 2.25. The van der Waals surface area contributed by atoms with Gasteiger partial charge in [0.25, 0.3) is 0 Å². The molecule has 1 aliphatic rings. The molecule has 1 fully saturated rings. The van der Waals surface area contributed by atoms with Crippen molar-refractivity contribution in [3.63, 3.8) is 0 Å². The second-order valence-electron chi connectivity index (χ2n) is 6.29. The standard InChI is InChI=1S/C18H25N5O/c24-18(20-10-8-16-5-2-1-3-6-16)9-12-22-11-4-7-17(22)13-23-15-19-14-21-23/h1-3,5-6,14-15,17H,4,7-13H2,(H,20,24)/t17-/m1/s1. The molecule has 1 aromatic carbocycles. The Morgan fingerprint density at radius 1 is 1.29 bits per heavy atom. The van der Waals surface area contributed by atoms with E-state index in [1.54, 1.807) is 12.7 Å². The molecule has 0 unspecified atom stereocenters. The summed E-state index contributed by atoms with van der Waals surface area (Å²) in [5.41, 5.74) is 1.25. The average molecular weight is 327 g/mol. The van der Waals surface area contributed by atoms with Crippen molar-refractivity contribution < 1.29 is 4.79 Å². The van der Waals surface area contributed by atoms with Crippen molar-refractivity contribution in [3.8, 4) is 0 Å². The summed E-state index contributed by atoms with van der Waals surface area (Å²) in [4.78, 5) is 18.4. The first-order chi connectivity index (χ1) is 11.8. The number of rotatable bonds is 8. The summed E-state index contributed by atoms with van der Waals surface area (Å²) in [6.45, 7) is 3.44. The van der Waals surface area contributed by atoms with Gasteiger partial charge in [0.2, 0.25) is 5.91 Å². The molecule has 0 aliphatic carbocycles. The largest absolute Gasteiger partial charge is 0.356 e. The molecule has 1 aromatic heterocycles. The van der Waals surface area contributed by atoms with Crippen molar-refractivity contribution in [2.75, 3.05) is 19.6 Å². The van der Waals surface area contributed by atoms with Crippen LogP contribution in [-0.4, -0.2) is 51.2 Å². The molecule has 1 atom stereocenters. The van der Waals surface area contributed by atoms with Crippen LogP contribution in [0.5, 0.6) is 0 Å². The quantitative estimate of drug-likeness (QED) is 0.798. The minimum absolute atomic E-state index is 0.136. The first-order valence-corrected chi connectivity index (χ1v) is 8.68. The molecular weight excluding hydrogens is 302 g/mol. The van der Waals surface area contributed by atoms with E-state index >= 15 is 0 Å². The molecular formula is C18H25N5O. The van der Waals surface area contributed by atoms with Crippen LogP contribution in [0, 0.1) is 0 Å². The Kier molecular flexibility index (Phi) is 5.96. The fourth-order valence-corrected chi connectivity index (χ4v) is 3.26. The highest BCUT2D eigenvalue weighted by molar-refractivity contribution is 5.76. The summed E-state index contributed by atoms with van der Waals surface area (Å²) in [7, 11) is 0. The fourth-order valence-electron chi connectivity index (χ4n) is 3.26. The number of hydrogen-bond donors (Lipinski definition) is 1. The number of carbonyl (C=O) groups is 1. The lowest BCUT2D eigenvalue weighted by atomic mass is 10.1. The SMILES string of the molecule is O=C(CCN1CCC[C@@H]1Cn1cncn1)NCCc1ccccc1. The Balaban J connectivity index is 1.36. The van der Waals surface area contributed by atoms with Gasteiger partial charge in [-0.1, -0.05) is 30.3 Å². The third kappa shape index (κ3) is 4.89. The van der Waals surface area contributed by atoms with E-state index in [2.05, 4.69) is 32.4 Å². The van der Waals surface area contributed by atoms with Crippen LogP contribution in [0.1, 0.15) is 24.8 Å². The lowest BCUT2D eigenvalue weighted by molar-refractivity contribution is -0.121. The van der Waals surface area contributed by atoms with Gasteiger partial charge in [-0.15, -0.1) is 0 Å². The highest BCUT2D eigenvalue weighted by atomic mass is 16.1. The van der Waals surface area contributed by atoms with Gasteiger partial charge < -0.3 is 5.32 Å². The molecule has 2 heterocycles. The first-order valence-electron chi connectivity index (χ1n) is 8.68. The Morgan fingerprint density at radius 2 is 2.17 bits per heavy atom. The van der Waals surface area contributed by atoms with E-state index < -0.39 is 0 Å². The molecule has 128 valence electrons. The van der Waals surface area contributed by atoms with Crippen LogP contribution < -0.4 is 5.32 Å². The molecule has 1 N–H and O–H groups in total. The smallest absolute Gasteiger partial charge is 0.221 e. The van der Waals surface area contributed by atoms with E-state index in [9.17, 15) is 4.79 Å². The number of benzene rings is 1. The van der Waals surface area contributed by atoms with Crippen LogP contribution in [-0.2, 0) is 17.8 Å². The number of carbonyl (C=O) groups excluding carboxylic acids is 1. The maximum absolute atomic E-state index is 12.0. The summed E-state index contributed by atoms with van der Waals surface area (Å²) in [6.07, 6.45) is 7.12. The van der Waals surface area contributed by atoms with Crippen LogP contribution >= 0.6 is 0 Å². The summed E-state index contributed by atoms with van der Waals surface area (Å²) in [6, 6.07) is 10.7. The minimum Gasteiger partial charge on any atom is -0.356 e. The number of nitrogens with zero attached hydrogens (tertiary/aromatic N) is 4. The zero-order chi connectivity index (χ0) is 16.6. The molecule has 0 spiro atoms. The molecule has 1 aliphatic heterocycles. The molecule has 2 aromatic rings. The first kappa shape index (κ1) is 16.6. The van der Waals surface area contributed by atoms with Crippen molar-refractivity contribution in [2.24, 2.45) is 0 Å². The Hall–Kier alpha value is -2.21. The van der Waals surface area contributed by atoms with Gasteiger partial charge in [0.05, 0.1) is 6.54 Å². The van der Waals surface area contributed by atoms with Crippen molar-refractivity contribution in [1.82, 2.24) is 25.0 Å². The van der Waals surface area contributed by atoms with Crippen molar-refractivity contribution in [2.45, 2.75) is 38.3 Å². The van der Waals surface area contributed by atoms with Crippen LogP contribution in [0.2, 0.25) is 0 Å². The zero-order valence-corrected chi connectivity index (χ0v) is 14.0. The number of nitrogens with one attached hydrogen (secondary N) is 1. The van der Waals surface area contributed by atoms with Crippen LogP contribution in [0.15, 0.2) is 43.0 Å². The lowest BCUT2D eigenvalue weighted by Crippen LogP contribution is -2.36. The monoisotopic (exact) mass is 327 g/mol. The lowest BCUT2D eigenvalue weighted by Gasteiger charge is -2.23.